The van der Waals surface area contributed by atoms with E-state index < -0.39 is 12.1 Å². The molecule has 0 saturated heterocycles. The third-order valence-electron chi connectivity index (χ3n) is 2.33. The van der Waals surface area contributed by atoms with Crippen LogP contribution >= 0.6 is 0 Å². The van der Waals surface area contributed by atoms with E-state index in [-0.39, 0.29) is 11.6 Å². The molecule has 0 fully saturated rings. The SMILES string of the molecule is COc1cc(C2NC(=O)N=C2N)ccc1O. The van der Waals surface area contributed by atoms with Crippen molar-refractivity contribution in [2.45, 2.75) is 6.04 Å². The number of phenols is 1. The molecule has 0 spiro atoms. The lowest BCUT2D eigenvalue weighted by molar-refractivity contribution is 0.250. The highest BCUT2D eigenvalue weighted by Gasteiger charge is 2.25. The first-order chi connectivity index (χ1) is 7.61. The molecule has 2 rings (SSSR count). The minimum Gasteiger partial charge on any atom is -0.504 e. The van der Waals surface area contributed by atoms with Gasteiger partial charge >= 0.3 is 6.03 Å². The summed E-state index contributed by atoms with van der Waals surface area (Å²) in [6.07, 6.45) is 0. The summed E-state index contributed by atoms with van der Waals surface area (Å²) < 4.78 is 4.96. The van der Waals surface area contributed by atoms with Crippen LogP contribution in [0, 0.1) is 0 Å². The number of hydrogen-bond acceptors (Lipinski definition) is 4. The van der Waals surface area contributed by atoms with Gasteiger partial charge in [0.25, 0.3) is 0 Å². The molecule has 1 aromatic rings. The molecule has 2 amide bonds. The second-order valence-corrected chi connectivity index (χ2v) is 3.35. The van der Waals surface area contributed by atoms with Crippen molar-refractivity contribution < 1.29 is 14.6 Å². The maximum Gasteiger partial charge on any atom is 0.343 e. The number of nitrogens with two attached hydrogens (primary N) is 1. The van der Waals surface area contributed by atoms with Gasteiger partial charge in [0, 0.05) is 0 Å². The Morgan fingerprint density at radius 1 is 1.56 bits per heavy atom. The van der Waals surface area contributed by atoms with Gasteiger partial charge in [-0.25, -0.2) is 4.79 Å². The molecule has 1 atom stereocenters. The van der Waals surface area contributed by atoms with Gasteiger partial charge in [0.05, 0.1) is 7.11 Å². The lowest BCUT2D eigenvalue weighted by Crippen LogP contribution is -2.27. The number of nitrogens with zero attached hydrogens (tertiary/aromatic N) is 1. The third-order valence-corrected chi connectivity index (χ3v) is 2.33. The quantitative estimate of drug-likeness (QED) is 0.678. The number of methoxy groups -OCH3 is 1. The Morgan fingerprint density at radius 3 is 2.88 bits per heavy atom. The summed E-state index contributed by atoms with van der Waals surface area (Å²) in [6.45, 7) is 0. The molecule has 0 saturated carbocycles. The van der Waals surface area contributed by atoms with Crippen molar-refractivity contribution in [2.24, 2.45) is 10.7 Å². The summed E-state index contributed by atoms with van der Waals surface area (Å²) in [5.41, 5.74) is 6.30. The summed E-state index contributed by atoms with van der Waals surface area (Å²) in [6, 6.07) is 3.81. The van der Waals surface area contributed by atoms with Gasteiger partial charge in [-0.05, 0) is 17.7 Å². The molecule has 1 aliphatic heterocycles. The number of rotatable bonds is 2. The number of carbonyl (C=O) groups excluding carboxylic acids is 1. The molecule has 1 aliphatic rings. The molecule has 0 aliphatic carbocycles. The second kappa shape index (κ2) is 3.73. The normalized spacial score (nSPS) is 19.2. The monoisotopic (exact) mass is 221 g/mol. The van der Waals surface area contributed by atoms with Crippen LogP contribution in [0.2, 0.25) is 0 Å². The summed E-state index contributed by atoms with van der Waals surface area (Å²) in [4.78, 5) is 14.6. The zero-order valence-corrected chi connectivity index (χ0v) is 8.60. The molecule has 0 aromatic heterocycles. The van der Waals surface area contributed by atoms with Crippen LogP contribution in [0.25, 0.3) is 0 Å². The van der Waals surface area contributed by atoms with E-state index in [1.165, 1.54) is 13.2 Å². The minimum absolute atomic E-state index is 0.0334. The maximum absolute atomic E-state index is 11.0. The van der Waals surface area contributed by atoms with Gasteiger partial charge < -0.3 is 20.9 Å². The van der Waals surface area contributed by atoms with Crippen molar-refractivity contribution in [2.75, 3.05) is 7.11 Å². The fourth-order valence-corrected chi connectivity index (χ4v) is 1.54. The third kappa shape index (κ3) is 1.65. The number of benzene rings is 1. The van der Waals surface area contributed by atoms with Crippen LogP contribution in [-0.2, 0) is 0 Å². The van der Waals surface area contributed by atoms with E-state index in [0.29, 0.717) is 11.3 Å². The van der Waals surface area contributed by atoms with Crippen LogP contribution in [0.1, 0.15) is 11.6 Å². The largest absolute Gasteiger partial charge is 0.504 e. The number of amides is 2. The Bertz CT molecular complexity index is 470. The van der Waals surface area contributed by atoms with Crippen molar-refractivity contribution in [3.63, 3.8) is 0 Å². The molecule has 0 bridgehead atoms. The molecule has 16 heavy (non-hydrogen) atoms. The summed E-state index contributed by atoms with van der Waals surface area (Å²) in [5, 5.41) is 12.0. The van der Waals surface area contributed by atoms with Crippen molar-refractivity contribution in [3.05, 3.63) is 23.8 Å². The zero-order chi connectivity index (χ0) is 11.7. The highest BCUT2D eigenvalue weighted by Crippen LogP contribution is 2.29. The molecule has 1 heterocycles. The van der Waals surface area contributed by atoms with Crippen LogP contribution in [0.3, 0.4) is 0 Å². The van der Waals surface area contributed by atoms with Gasteiger partial charge in [0.2, 0.25) is 0 Å². The van der Waals surface area contributed by atoms with Gasteiger partial charge in [-0.1, -0.05) is 6.07 Å². The van der Waals surface area contributed by atoms with Gasteiger partial charge in [0.1, 0.15) is 11.9 Å². The molecule has 1 aromatic carbocycles. The first kappa shape index (κ1) is 10.3. The van der Waals surface area contributed by atoms with Crippen LogP contribution < -0.4 is 15.8 Å². The smallest absolute Gasteiger partial charge is 0.343 e. The summed E-state index contributed by atoms with van der Waals surface area (Å²) in [7, 11) is 1.45. The van der Waals surface area contributed by atoms with E-state index in [1.54, 1.807) is 12.1 Å². The molecular formula is C10H11N3O3. The van der Waals surface area contributed by atoms with E-state index in [1.807, 2.05) is 0 Å². The number of nitrogens with one attached hydrogen (secondary N) is 1. The van der Waals surface area contributed by atoms with Gasteiger partial charge in [0.15, 0.2) is 11.5 Å². The Hall–Kier alpha value is -2.24. The van der Waals surface area contributed by atoms with E-state index >= 15 is 0 Å². The number of ether oxygens (including phenoxy) is 1. The number of phenolic OH excluding ortho intramolecular Hbond substituents is 1. The highest BCUT2D eigenvalue weighted by molar-refractivity contribution is 6.03. The number of amidine groups is 1. The number of aliphatic imine (C=N–C) groups is 1. The second-order valence-electron chi connectivity index (χ2n) is 3.35. The van der Waals surface area contributed by atoms with E-state index in [0.717, 1.165) is 0 Å². The molecule has 4 N–H and O–H groups in total. The van der Waals surface area contributed by atoms with Crippen LogP contribution in [0.4, 0.5) is 4.79 Å². The van der Waals surface area contributed by atoms with Gasteiger partial charge in [-0.2, -0.15) is 4.99 Å². The number of urea groups is 1. The zero-order valence-electron chi connectivity index (χ0n) is 8.60. The molecule has 1 unspecified atom stereocenters. The Labute approximate surface area is 91.7 Å². The Balaban J connectivity index is 2.35. The van der Waals surface area contributed by atoms with Gasteiger partial charge in [-0.3, -0.25) is 0 Å². The summed E-state index contributed by atoms with van der Waals surface area (Å²) >= 11 is 0. The van der Waals surface area contributed by atoms with Crippen LogP contribution in [0.15, 0.2) is 23.2 Å². The Morgan fingerprint density at radius 2 is 2.31 bits per heavy atom. The standard InChI is InChI=1S/C10H11N3O3/c1-16-7-4-5(2-3-6(7)14)8-9(11)13-10(15)12-8/h2-4,8,14H,1H3,(H3,11,12,13,15). The highest BCUT2D eigenvalue weighted by atomic mass is 16.5. The van der Waals surface area contributed by atoms with E-state index in [2.05, 4.69) is 10.3 Å². The predicted octanol–water partition coefficient (Wildman–Crippen LogP) is 0.522. The molecular weight excluding hydrogens is 210 g/mol. The van der Waals surface area contributed by atoms with Crippen LogP contribution in [-0.4, -0.2) is 24.1 Å². The van der Waals surface area contributed by atoms with Crippen molar-refractivity contribution >= 4 is 11.9 Å². The average Bonchev–Trinajstić information content (AvgIpc) is 2.59. The molecule has 6 heteroatoms. The van der Waals surface area contributed by atoms with E-state index in [9.17, 15) is 9.90 Å². The lowest BCUT2D eigenvalue weighted by atomic mass is 10.1. The maximum atomic E-state index is 11.0. The fraction of sp³-hybridized carbons (Fsp3) is 0.200. The first-order valence-corrected chi connectivity index (χ1v) is 4.63. The lowest BCUT2D eigenvalue weighted by Gasteiger charge is -2.12. The molecule has 6 nitrogen and oxygen atoms in total. The van der Waals surface area contributed by atoms with Gasteiger partial charge in [-0.15, -0.1) is 0 Å². The van der Waals surface area contributed by atoms with Crippen LogP contribution in [0.5, 0.6) is 11.5 Å². The Kier molecular flexibility index (Phi) is 2.40. The van der Waals surface area contributed by atoms with Crippen molar-refractivity contribution in [3.8, 4) is 11.5 Å². The first-order valence-electron chi connectivity index (χ1n) is 4.63. The van der Waals surface area contributed by atoms with Crippen molar-refractivity contribution in [1.29, 1.82) is 0 Å². The molecule has 0 radical (unpaired) electrons. The van der Waals surface area contributed by atoms with E-state index in [4.69, 9.17) is 10.5 Å². The fourth-order valence-electron chi connectivity index (χ4n) is 1.54. The van der Waals surface area contributed by atoms with Crippen molar-refractivity contribution in [1.82, 2.24) is 5.32 Å². The topological polar surface area (TPSA) is 96.9 Å². The number of carbonyl (C=O) groups is 1. The predicted molar refractivity (Wildman–Crippen MR) is 57.6 cm³/mol. The number of aromatic hydroxyl groups is 1. The minimum atomic E-state index is -0.463. The number of hydrogen-bond donors (Lipinski definition) is 3. The average molecular weight is 221 g/mol. The summed E-state index contributed by atoms with van der Waals surface area (Å²) in [5.74, 6) is 0.565. The molecule has 84 valence electrons.